The fourth-order valence-corrected chi connectivity index (χ4v) is 1.84. The minimum absolute atomic E-state index is 0.211. The van der Waals surface area contributed by atoms with Gasteiger partial charge in [0.1, 0.15) is 0 Å². The summed E-state index contributed by atoms with van der Waals surface area (Å²) in [4.78, 5) is 14.7. The van der Waals surface area contributed by atoms with Crippen LogP contribution < -0.4 is 0 Å². The van der Waals surface area contributed by atoms with Crippen molar-refractivity contribution in [2.24, 2.45) is 5.92 Å². The first-order valence-corrected chi connectivity index (χ1v) is 6.01. The number of aromatic nitrogens is 1. The molecule has 0 radical (unpaired) electrons. The molecule has 0 spiro atoms. The van der Waals surface area contributed by atoms with E-state index >= 15 is 0 Å². The molecule has 92 valence electrons. The van der Waals surface area contributed by atoms with Crippen molar-refractivity contribution in [3.8, 4) is 0 Å². The highest BCUT2D eigenvalue weighted by atomic mass is 16.5. The molecule has 4 nitrogen and oxygen atoms in total. The van der Waals surface area contributed by atoms with E-state index in [1.165, 1.54) is 25.5 Å². The lowest BCUT2D eigenvalue weighted by Crippen LogP contribution is -2.13. The molecule has 0 atom stereocenters. The van der Waals surface area contributed by atoms with Gasteiger partial charge in [-0.05, 0) is 24.5 Å². The Hall–Kier alpha value is -1.42. The minimum atomic E-state index is -0.949. The third kappa shape index (κ3) is 3.53. The number of carboxylic acids is 1. The fraction of sp³-hybridized carbons (Fsp3) is 0.538. The predicted octanol–water partition coefficient (Wildman–Crippen LogP) is 2.49. The zero-order valence-electron chi connectivity index (χ0n) is 9.76. The lowest BCUT2D eigenvalue weighted by atomic mass is 9.83. The van der Waals surface area contributed by atoms with Crippen LogP contribution in [0.2, 0.25) is 0 Å². The van der Waals surface area contributed by atoms with Gasteiger partial charge in [0.25, 0.3) is 0 Å². The Bertz CT molecular complexity index is 371. The van der Waals surface area contributed by atoms with Crippen molar-refractivity contribution in [2.75, 3.05) is 6.61 Å². The predicted molar refractivity (Wildman–Crippen MR) is 62.8 cm³/mol. The molecule has 1 fully saturated rings. The number of carboxylic acid groups (broad SMARTS) is 1. The lowest BCUT2D eigenvalue weighted by Gasteiger charge is -2.24. The zero-order valence-corrected chi connectivity index (χ0v) is 9.76. The molecule has 0 unspecified atom stereocenters. The summed E-state index contributed by atoms with van der Waals surface area (Å²) < 4.78 is 5.52. The van der Waals surface area contributed by atoms with Crippen LogP contribution in [0, 0.1) is 5.92 Å². The quantitative estimate of drug-likeness (QED) is 0.769. The van der Waals surface area contributed by atoms with E-state index in [2.05, 4.69) is 4.98 Å². The summed E-state index contributed by atoms with van der Waals surface area (Å²) in [6.07, 6.45) is 6.55. The first-order chi connectivity index (χ1) is 8.25. The number of hydrogen-bond donors (Lipinski definition) is 1. The highest BCUT2D eigenvalue weighted by molar-refractivity contribution is 5.87. The van der Waals surface area contributed by atoms with Crippen LogP contribution in [0.15, 0.2) is 18.3 Å². The van der Waals surface area contributed by atoms with Crippen LogP contribution in [-0.4, -0.2) is 22.7 Å². The number of hydrogen-bond acceptors (Lipinski definition) is 3. The highest BCUT2D eigenvalue weighted by Crippen LogP contribution is 2.29. The topological polar surface area (TPSA) is 59.4 Å². The van der Waals surface area contributed by atoms with Crippen molar-refractivity contribution < 1.29 is 14.6 Å². The number of pyridine rings is 1. The second kappa shape index (κ2) is 5.77. The van der Waals surface area contributed by atoms with Gasteiger partial charge < -0.3 is 9.84 Å². The summed E-state index contributed by atoms with van der Waals surface area (Å²) in [6, 6.07) is 3.26. The van der Waals surface area contributed by atoms with Crippen molar-refractivity contribution in [2.45, 2.75) is 32.3 Å². The number of ether oxygens (including phenoxy) is 1. The first kappa shape index (κ1) is 12.0. The summed E-state index contributed by atoms with van der Waals surface area (Å²) in [6.45, 7) is 1.24. The Morgan fingerprint density at radius 3 is 2.82 bits per heavy atom. The molecule has 0 saturated heterocycles. The molecule has 17 heavy (non-hydrogen) atoms. The molecule has 0 bridgehead atoms. The molecule has 1 aliphatic carbocycles. The van der Waals surface area contributed by atoms with Crippen LogP contribution >= 0.6 is 0 Å². The average molecular weight is 235 g/mol. The van der Waals surface area contributed by atoms with Gasteiger partial charge in [-0.2, -0.15) is 0 Å². The van der Waals surface area contributed by atoms with E-state index in [9.17, 15) is 4.79 Å². The smallest absolute Gasteiger partial charge is 0.337 e. The van der Waals surface area contributed by atoms with E-state index in [0.717, 1.165) is 24.6 Å². The van der Waals surface area contributed by atoms with Gasteiger partial charge in [-0.15, -0.1) is 0 Å². The van der Waals surface area contributed by atoms with Crippen molar-refractivity contribution in [1.29, 1.82) is 0 Å². The van der Waals surface area contributed by atoms with Crippen LogP contribution in [0.5, 0.6) is 0 Å². The second-order valence-corrected chi connectivity index (χ2v) is 4.48. The number of aromatic carboxylic acids is 1. The van der Waals surface area contributed by atoms with Gasteiger partial charge in [0.05, 0.1) is 17.9 Å². The maximum atomic E-state index is 10.6. The van der Waals surface area contributed by atoms with E-state index in [1.54, 1.807) is 12.1 Å². The molecule has 4 heteroatoms. The number of nitrogens with zero attached hydrogens (tertiary/aromatic N) is 1. The third-order valence-electron chi connectivity index (χ3n) is 3.22. The molecule has 0 aliphatic heterocycles. The Morgan fingerprint density at radius 2 is 2.29 bits per heavy atom. The first-order valence-electron chi connectivity index (χ1n) is 6.01. The lowest BCUT2D eigenvalue weighted by molar-refractivity contribution is 0.0695. The van der Waals surface area contributed by atoms with Crippen molar-refractivity contribution >= 4 is 5.97 Å². The molecule has 1 heterocycles. The van der Waals surface area contributed by atoms with Gasteiger partial charge in [0, 0.05) is 12.8 Å². The Morgan fingerprint density at radius 1 is 1.47 bits per heavy atom. The van der Waals surface area contributed by atoms with Gasteiger partial charge in [-0.3, -0.25) is 4.98 Å². The Balaban J connectivity index is 1.69. The summed E-state index contributed by atoms with van der Waals surface area (Å²) in [5, 5.41) is 8.71. The monoisotopic (exact) mass is 235 g/mol. The summed E-state index contributed by atoms with van der Waals surface area (Å²) in [5.74, 6) is -0.0905. The third-order valence-corrected chi connectivity index (χ3v) is 3.22. The number of rotatable bonds is 6. The van der Waals surface area contributed by atoms with Gasteiger partial charge in [-0.1, -0.05) is 19.3 Å². The van der Waals surface area contributed by atoms with E-state index in [0.29, 0.717) is 6.61 Å². The standard InChI is InChI=1S/C13H17NO3/c15-13(16)11-4-5-12(14-8-11)9-17-7-6-10-2-1-3-10/h4-5,8,10H,1-3,6-7,9H2,(H,15,16). The summed E-state index contributed by atoms with van der Waals surface area (Å²) >= 11 is 0. The summed E-state index contributed by atoms with van der Waals surface area (Å²) in [7, 11) is 0. The highest BCUT2D eigenvalue weighted by Gasteiger charge is 2.16. The van der Waals surface area contributed by atoms with Gasteiger partial charge >= 0.3 is 5.97 Å². The molecule has 1 aromatic heterocycles. The largest absolute Gasteiger partial charge is 0.478 e. The minimum Gasteiger partial charge on any atom is -0.478 e. The SMILES string of the molecule is O=C(O)c1ccc(COCCC2CCC2)nc1. The van der Waals surface area contributed by atoms with Crippen LogP contribution in [0.25, 0.3) is 0 Å². The van der Waals surface area contributed by atoms with Gasteiger partial charge in [0.2, 0.25) is 0 Å². The Labute approximate surface area is 101 Å². The van der Waals surface area contributed by atoms with E-state index in [4.69, 9.17) is 9.84 Å². The molecular weight excluding hydrogens is 218 g/mol. The van der Waals surface area contributed by atoms with E-state index in [-0.39, 0.29) is 5.56 Å². The average Bonchev–Trinajstić information content (AvgIpc) is 2.27. The van der Waals surface area contributed by atoms with Crippen molar-refractivity contribution in [3.63, 3.8) is 0 Å². The van der Waals surface area contributed by atoms with Crippen molar-refractivity contribution in [1.82, 2.24) is 4.98 Å². The summed E-state index contributed by atoms with van der Waals surface area (Å²) in [5.41, 5.74) is 0.992. The normalized spacial score (nSPS) is 15.5. The molecule has 0 amide bonds. The van der Waals surface area contributed by atoms with Crippen LogP contribution in [0.1, 0.15) is 41.7 Å². The molecule has 0 aromatic carbocycles. The van der Waals surface area contributed by atoms with Gasteiger partial charge in [-0.25, -0.2) is 4.79 Å². The van der Waals surface area contributed by atoms with Crippen LogP contribution in [-0.2, 0) is 11.3 Å². The molecule has 1 N–H and O–H groups in total. The Kier molecular flexibility index (Phi) is 4.09. The van der Waals surface area contributed by atoms with Gasteiger partial charge in [0.15, 0.2) is 0 Å². The second-order valence-electron chi connectivity index (χ2n) is 4.48. The van der Waals surface area contributed by atoms with Crippen LogP contribution in [0.4, 0.5) is 0 Å². The molecular formula is C13H17NO3. The number of carbonyl (C=O) groups is 1. The van der Waals surface area contributed by atoms with Crippen molar-refractivity contribution in [3.05, 3.63) is 29.6 Å². The molecule has 1 saturated carbocycles. The zero-order chi connectivity index (χ0) is 12.1. The molecule has 2 rings (SSSR count). The van der Waals surface area contributed by atoms with E-state index < -0.39 is 5.97 Å². The van der Waals surface area contributed by atoms with E-state index in [1.807, 2.05) is 0 Å². The maximum absolute atomic E-state index is 10.6. The fourth-order valence-electron chi connectivity index (χ4n) is 1.84. The molecule has 1 aliphatic rings. The molecule has 1 aromatic rings. The van der Waals surface area contributed by atoms with Crippen LogP contribution in [0.3, 0.4) is 0 Å². The maximum Gasteiger partial charge on any atom is 0.337 e.